The first-order valence-corrected chi connectivity index (χ1v) is 8.70. The maximum atomic E-state index is 13.4. The molecule has 0 saturated carbocycles. The Morgan fingerprint density at radius 3 is 2.93 bits per heavy atom. The van der Waals surface area contributed by atoms with Crippen molar-refractivity contribution < 1.29 is 4.39 Å². The molecule has 1 aliphatic rings. The summed E-state index contributed by atoms with van der Waals surface area (Å²) in [5.74, 6) is -0.301. The highest BCUT2D eigenvalue weighted by atomic mass is 19.1. The second kappa shape index (κ2) is 6.81. The molecule has 0 aromatic carbocycles. The van der Waals surface area contributed by atoms with Gasteiger partial charge in [-0.15, -0.1) is 0 Å². The second-order valence-corrected chi connectivity index (χ2v) is 6.63. The van der Waals surface area contributed by atoms with E-state index in [9.17, 15) is 14.4 Å². The van der Waals surface area contributed by atoms with Crippen LogP contribution >= 0.6 is 0 Å². The summed E-state index contributed by atoms with van der Waals surface area (Å²) in [7, 11) is 0. The van der Waals surface area contributed by atoms with Gasteiger partial charge < -0.3 is 15.6 Å². The molecule has 0 amide bonds. The van der Waals surface area contributed by atoms with Crippen molar-refractivity contribution in [3.05, 3.63) is 46.9 Å². The summed E-state index contributed by atoms with van der Waals surface area (Å²) in [6.07, 6.45) is 4.66. The lowest BCUT2D eigenvalue weighted by atomic mass is 9.85. The number of piperidine rings is 1. The SMILES string of the molecule is N#CCC1(n2nc(Nc3ccnc(F)c3)c3c(=O)[nH]ccc32)CCNCC1. The molecule has 3 N–H and O–H groups in total. The van der Waals surface area contributed by atoms with Crippen molar-refractivity contribution in [3.8, 4) is 6.07 Å². The minimum Gasteiger partial charge on any atom is -0.338 e. The van der Waals surface area contributed by atoms with Crippen LogP contribution in [0.15, 0.2) is 35.4 Å². The van der Waals surface area contributed by atoms with Crippen molar-refractivity contribution >= 4 is 22.4 Å². The molecular formula is C18H18FN7O. The Hall–Kier alpha value is -3.25. The van der Waals surface area contributed by atoms with Crippen molar-refractivity contribution in [1.29, 1.82) is 5.26 Å². The molecule has 0 radical (unpaired) electrons. The van der Waals surface area contributed by atoms with Gasteiger partial charge in [-0.1, -0.05) is 0 Å². The first kappa shape index (κ1) is 17.2. The monoisotopic (exact) mass is 367 g/mol. The van der Waals surface area contributed by atoms with E-state index >= 15 is 0 Å². The van der Waals surface area contributed by atoms with Crippen LogP contribution in [0, 0.1) is 17.3 Å². The smallest absolute Gasteiger partial charge is 0.261 e. The van der Waals surface area contributed by atoms with Crippen LogP contribution in [0.4, 0.5) is 15.9 Å². The standard InChI is InChI=1S/C18H18FN7O/c19-14-11-12(1-7-22-14)24-16-15-13(2-8-23-17(15)27)26(25-16)18(3-6-20)4-9-21-10-5-18/h1-2,7-8,11,21H,3-5,9-10H2,(H,23,27)(H,22,24,25). The number of nitrogens with zero attached hydrogens (tertiary/aromatic N) is 4. The number of pyridine rings is 2. The van der Waals surface area contributed by atoms with E-state index in [0.717, 1.165) is 25.9 Å². The molecule has 27 heavy (non-hydrogen) atoms. The van der Waals surface area contributed by atoms with E-state index in [2.05, 4.69) is 31.8 Å². The first-order valence-electron chi connectivity index (χ1n) is 8.70. The molecule has 9 heteroatoms. The zero-order valence-electron chi connectivity index (χ0n) is 14.5. The normalized spacial score (nSPS) is 16.1. The van der Waals surface area contributed by atoms with Crippen LogP contribution in [0.5, 0.6) is 0 Å². The van der Waals surface area contributed by atoms with Gasteiger partial charge in [0, 0.05) is 24.1 Å². The van der Waals surface area contributed by atoms with E-state index in [1.807, 2.05) is 0 Å². The number of nitrogens with one attached hydrogen (secondary N) is 3. The molecule has 1 aliphatic heterocycles. The van der Waals surface area contributed by atoms with Crippen LogP contribution < -0.4 is 16.2 Å². The largest absolute Gasteiger partial charge is 0.338 e. The van der Waals surface area contributed by atoms with Crippen molar-refractivity contribution in [2.45, 2.75) is 24.8 Å². The van der Waals surface area contributed by atoms with Gasteiger partial charge in [0.2, 0.25) is 5.95 Å². The molecule has 138 valence electrons. The van der Waals surface area contributed by atoms with Gasteiger partial charge in [0.25, 0.3) is 5.56 Å². The van der Waals surface area contributed by atoms with Gasteiger partial charge in [-0.25, -0.2) is 4.98 Å². The zero-order valence-corrected chi connectivity index (χ0v) is 14.5. The fourth-order valence-corrected chi connectivity index (χ4v) is 3.65. The zero-order chi connectivity index (χ0) is 18.9. The number of hydrogen-bond donors (Lipinski definition) is 3. The number of rotatable bonds is 4. The van der Waals surface area contributed by atoms with Crippen LogP contribution in [0.1, 0.15) is 19.3 Å². The van der Waals surface area contributed by atoms with Crippen molar-refractivity contribution in [2.75, 3.05) is 18.4 Å². The number of fused-ring (bicyclic) bond motifs is 1. The van der Waals surface area contributed by atoms with Crippen LogP contribution in [0.25, 0.3) is 10.9 Å². The van der Waals surface area contributed by atoms with Crippen LogP contribution in [0.3, 0.4) is 0 Å². The molecule has 0 unspecified atom stereocenters. The molecule has 0 atom stereocenters. The summed E-state index contributed by atoms with van der Waals surface area (Å²) < 4.78 is 15.2. The summed E-state index contributed by atoms with van der Waals surface area (Å²) in [6.45, 7) is 1.54. The number of nitriles is 1. The van der Waals surface area contributed by atoms with Crippen molar-refractivity contribution in [1.82, 2.24) is 25.1 Å². The third-order valence-corrected chi connectivity index (χ3v) is 4.98. The third-order valence-electron chi connectivity index (χ3n) is 4.98. The number of hydrogen-bond acceptors (Lipinski definition) is 6. The highest BCUT2D eigenvalue weighted by Gasteiger charge is 2.37. The minimum atomic E-state index is -0.628. The summed E-state index contributed by atoms with van der Waals surface area (Å²) >= 11 is 0. The van der Waals surface area contributed by atoms with Gasteiger partial charge in [0.15, 0.2) is 5.82 Å². The van der Waals surface area contributed by atoms with Crippen LogP contribution in [0.2, 0.25) is 0 Å². The minimum absolute atomic E-state index is 0.293. The quantitative estimate of drug-likeness (QED) is 0.608. The molecule has 3 aromatic rings. The Morgan fingerprint density at radius 2 is 2.19 bits per heavy atom. The van der Waals surface area contributed by atoms with Gasteiger partial charge in [0.1, 0.15) is 5.39 Å². The van der Waals surface area contributed by atoms with E-state index in [1.54, 1.807) is 23.0 Å². The van der Waals surface area contributed by atoms with E-state index in [-0.39, 0.29) is 5.56 Å². The fourth-order valence-electron chi connectivity index (χ4n) is 3.65. The number of aromatic nitrogens is 4. The molecule has 4 heterocycles. The Kier molecular flexibility index (Phi) is 4.33. The van der Waals surface area contributed by atoms with Gasteiger partial charge in [0.05, 0.1) is 23.5 Å². The lowest BCUT2D eigenvalue weighted by Gasteiger charge is -2.36. The average Bonchev–Trinajstić information content (AvgIpc) is 3.03. The summed E-state index contributed by atoms with van der Waals surface area (Å²) in [5, 5.41) is 20.7. The first-order chi connectivity index (χ1) is 13.1. The Labute approximate surface area is 154 Å². The predicted octanol–water partition coefficient (Wildman–Crippen LogP) is 1.99. The highest BCUT2D eigenvalue weighted by Crippen LogP contribution is 2.35. The third kappa shape index (κ3) is 3.04. The van der Waals surface area contributed by atoms with E-state index < -0.39 is 11.5 Å². The Bertz CT molecular complexity index is 1080. The lowest BCUT2D eigenvalue weighted by molar-refractivity contribution is 0.197. The summed E-state index contributed by atoms with van der Waals surface area (Å²) in [5.41, 5.74) is 0.303. The van der Waals surface area contributed by atoms with E-state index in [0.29, 0.717) is 28.8 Å². The number of aromatic amines is 1. The maximum Gasteiger partial charge on any atom is 0.261 e. The molecule has 0 spiro atoms. The topological polar surface area (TPSA) is 111 Å². The Morgan fingerprint density at radius 1 is 1.37 bits per heavy atom. The van der Waals surface area contributed by atoms with Gasteiger partial charge in [-0.3, -0.25) is 9.48 Å². The molecule has 8 nitrogen and oxygen atoms in total. The molecular weight excluding hydrogens is 349 g/mol. The molecule has 1 saturated heterocycles. The summed E-state index contributed by atoms with van der Waals surface area (Å²) in [4.78, 5) is 18.7. The highest BCUT2D eigenvalue weighted by molar-refractivity contribution is 5.91. The van der Waals surface area contributed by atoms with Crippen molar-refractivity contribution in [2.24, 2.45) is 0 Å². The molecule has 0 bridgehead atoms. The van der Waals surface area contributed by atoms with E-state index in [4.69, 9.17) is 0 Å². The lowest BCUT2D eigenvalue weighted by Crippen LogP contribution is -2.44. The molecule has 3 aromatic heterocycles. The Balaban J connectivity index is 1.88. The fraction of sp³-hybridized carbons (Fsp3) is 0.333. The van der Waals surface area contributed by atoms with E-state index in [1.165, 1.54) is 12.3 Å². The van der Waals surface area contributed by atoms with Gasteiger partial charge in [-0.05, 0) is 38.1 Å². The van der Waals surface area contributed by atoms with Crippen LogP contribution in [-0.4, -0.2) is 32.8 Å². The number of H-pyrrole nitrogens is 1. The predicted molar refractivity (Wildman–Crippen MR) is 98.1 cm³/mol. The summed E-state index contributed by atoms with van der Waals surface area (Å²) in [6, 6.07) is 6.88. The van der Waals surface area contributed by atoms with Crippen molar-refractivity contribution in [3.63, 3.8) is 0 Å². The molecule has 0 aliphatic carbocycles. The van der Waals surface area contributed by atoms with Crippen LogP contribution in [-0.2, 0) is 5.54 Å². The average molecular weight is 367 g/mol. The second-order valence-electron chi connectivity index (χ2n) is 6.63. The number of halogens is 1. The molecule has 1 fully saturated rings. The number of anilines is 2. The maximum absolute atomic E-state index is 13.4. The van der Waals surface area contributed by atoms with Gasteiger partial charge in [-0.2, -0.15) is 14.8 Å². The van der Waals surface area contributed by atoms with Gasteiger partial charge >= 0.3 is 0 Å². The molecule has 4 rings (SSSR count).